The van der Waals surface area contributed by atoms with Crippen molar-refractivity contribution in [2.75, 3.05) is 5.32 Å². The number of carbonyl (C=O) groups excluding carboxylic acids is 1. The van der Waals surface area contributed by atoms with Gasteiger partial charge in [0, 0.05) is 16.0 Å². The molecule has 0 aromatic heterocycles. The summed E-state index contributed by atoms with van der Waals surface area (Å²) in [6, 6.07) is 11.6. The SMILES string of the molecule is NSc1cccc2c(NC=O)cccc12. The molecule has 0 radical (unpaired) electrons. The highest BCUT2D eigenvalue weighted by Gasteiger charge is 2.03. The van der Waals surface area contributed by atoms with Gasteiger partial charge in [0.1, 0.15) is 0 Å². The fraction of sp³-hybridized carbons (Fsp3) is 0. The van der Waals surface area contributed by atoms with E-state index in [1.54, 1.807) is 0 Å². The molecule has 0 spiro atoms. The summed E-state index contributed by atoms with van der Waals surface area (Å²) in [5, 5.41) is 10.3. The largest absolute Gasteiger partial charge is 0.328 e. The molecule has 15 heavy (non-hydrogen) atoms. The van der Waals surface area contributed by atoms with Gasteiger partial charge in [-0.05, 0) is 29.5 Å². The van der Waals surface area contributed by atoms with Gasteiger partial charge in [-0.3, -0.25) is 9.93 Å². The first kappa shape index (κ1) is 10.0. The number of benzene rings is 2. The van der Waals surface area contributed by atoms with E-state index in [9.17, 15) is 4.79 Å². The Morgan fingerprint density at radius 3 is 2.60 bits per heavy atom. The van der Waals surface area contributed by atoms with E-state index in [1.165, 1.54) is 11.9 Å². The molecule has 0 unspecified atom stereocenters. The number of anilines is 1. The Labute approximate surface area is 91.8 Å². The van der Waals surface area contributed by atoms with Gasteiger partial charge >= 0.3 is 0 Å². The summed E-state index contributed by atoms with van der Waals surface area (Å²) in [5.74, 6) is 0. The summed E-state index contributed by atoms with van der Waals surface area (Å²) in [4.78, 5) is 11.4. The van der Waals surface area contributed by atoms with E-state index in [1.807, 2.05) is 36.4 Å². The molecule has 0 atom stereocenters. The second-order valence-electron chi connectivity index (χ2n) is 3.04. The third-order valence-electron chi connectivity index (χ3n) is 2.22. The van der Waals surface area contributed by atoms with Crippen LogP contribution >= 0.6 is 11.9 Å². The molecule has 2 aromatic rings. The molecular formula is C11H10N2OS. The average molecular weight is 218 g/mol. The van der Waals surface area contributed by atoms with Gasteiger partial charge in [-0.25, -0.2) is 0 Å². The second-order valence-corrected chi connectivity index (χ2v) is 3.71. The quantitative estimate of drug-likeness (QED) is 0.614. The summed E-state index contributed by atoms with van der Waals surface area (Å²) in [6.45, 7) is 0. The Morgan fingerprint density at radius 1 is 1.13 bits per heavy atom. The summed E-state index contributed by atoms with van der Waals surface area (Å²) >= 11 is 1.21. The third-order valence-corrected chi connectivity index (χ3v) is 2.83. The van der Waals surface area contributed by atoms with Gasteiger partial charge in [0.05, 0.1) is 0 Å². The van der Waals surface area contributed by atoms with Crippen molar-refractivity contribution < 1.29 is 4.79 Å². The Balaban J connectivity index is 2.70. The fourth-order valence-corrected chi connectivity index (χ4v) is 2.04. The number of hydrogen-bond donors (Lipinski definition) is 2. The van der Waals surface area contributed by atoms with E-state index in [0.29, 0.717) is 6.41 Å². The normalized spacial score (nSPS) is 10.2. The molecule has 0 aliphatic carbocycles. The Bertz CT molecular complexity index is 499. The number of fused-ring (bicyclic) bond motifs is 1. The Hall–Kier alpha value is -1.52. The highest BCUT2D eigenvalue weighted by Crippen LogP contribution is 2.29. The number of amides is 1. The first-order chi connectivity index (χ1) is 7.36. The van der Waals surface area contributed by atoms with Gasteiger partial charge in [0.15, 0.2) is 0 Å². The van der Waals surface area contributed by atoms with Crippen molar-refractivity contribution in [3.8, 4) is 0 Å². The number of nitrogens with one attached hydrogen (secondary N) is 1. The van der Waals surface area contributed by atoms with Crippen LogP contribution in [-0.2, 0) is 4.79 Å². The maximum atomic E-state index is 10.4. The van der Waals surface area contributed by atoms with Gasteiger partial charge in [-0.2, -0.15) is 0 Å². The van der Waals surface area contributed by atoms with Gasteiger partial charge in [-0.15, -0.1) is 0 Å². The predicted octanol–water partition coefficient (Wildman–Crippen LogP) is 2.37. The zero-order valence-corrected chi connectivity index (χ0v) is 8.75. The molecule has 0 fully saturated rings. The molecule has 3 nitrogen and oxygen atoms in total. The Morgan fingerprint density at radius 2 is 1.87 bits per heavy atom. The Kier molecular flexibility index (Phi) is 2.89. The van der Waals surface area contributed by atoms with Crippen LogP contribution in [0, 0.1) is 0 Å². The molecule has 0 aliphatic heterocycles. The summed E-state index contributed by atoms with van der Waals surface area (Å²) in [5.41, 5.74) is 0.804. The summed E-state index contributed by atoms with van der Waals surface area (Å²) in [6.07, 6.45) is 0.678. The molecule has 0 aliphatic rings. The molecule has 0 saturated heterocycles. The van der Waals surface area contributed by atoms with E-state index in [4.69, 9.17) is 5.14 Å². The molecule has 1 amide bonds. The van der Waals surface area contributed by atoms with Crippen LogP contribution in [0.2, 0.25) is 0 Å². The van der Waals surface area contributed by atoms with Crippen molar-refractivity contribution in [2.24, 2.45) is 5.14 Å². The molecule has 2 aromatic carbocycles. The van der Waals surface area contributed by atoms with Crippen molar-refractivity contribution in [1.29, 1.82) is 0 Å². The predicted molar refractivity (Wildman–Crippen MR) is 63.7 cm³/mol. The molecule has 2 rings (SSSR count). The van der Waals surface area contributed by atoms with Crippen LogP contribution in [-0.4, -0.2) is 6.41 Å². The van der Waals surface area contributed by atoms with Crippen molar-refractivity contribution >= 4 is 34.8 Å². The number of nitrogens with two attached hydrogens (primary N) is 1. The van der Waals surface area contributed by atoms with Crippen LogP contribution in [0.3, 0.4) is 0 Å². The molecule has 0 saturated carbocycles. The molecule has 4 heteroatoms. The number of carbonyl (C=O) groups is 1. The summed E-state index contributed by atoms with van der Waals surface area (Å²) < 4.78 is 0. The fourth-order valence-electron chi connectivity index (χ4n) is 1.57. The first-order valence-electron chi connectivity index (χ1n) is 4.45. The lowest BCUT2D eigenvalue weighted by Crippen LogP contribution is -1.94. The van der Waals surface area contributed by atoms with Crippen molar-refractivity contribution in [3.63, 3.8) is 0 Å². The number of rotatable bonds is 3. The minimum Gasteiger partial charge on any atom is -0.328 e. The summed E-state index contributed by atoms with van der Waals surface area (Å²) in [7, 11) is 0. The maximum Gasteiger partial charge on any atom is 0.211 e. The van der Waals surface area contributed by atoms with E-state index < -0.39 is 0 Å². The zero-order chi connectivity index (χ0) is 10.7. The van der Waals surface area contributed by atoms with Gasteiger partial charge in [-0.1, -0.05) is 24.3 Å². The molecule has 3 N–H and O–H groups in total. The maximum absolute atomic E-state index is 10.4. The minimum atomic E-state index is 0.678. The zero-order valence-electron chi connectivity index (χ0n) is 7.94. The standard InChI is InChI=1S/C11H10N2OS/c12-15-11-6-2-3-8-9(11)4-1-5-10(8)13-7-14/h1-7H,12H2,(H,13,14). The van der Waals surface area contributed by atoms with E-state index in [2.05, 4.69) is 5.32 Å². The average Bonchev–Trinajstić information content (AvgIpc) is 2.29. The van der Waals surface area contributed by atoms with Gasteiger partial charge < -0.3 is 5.32 Å². The smallest absolute Gasteiger partial charge is 0.211 e. The van der Waals surface area contributed by atoms with E-state index in [0.717, 1.165) is 21.4 Å². The molecule has 76 valence electrons. The van der Waals surface area contributed by atoms with Crippen LogP contribution in [0.25, 0.3) is 10.8 Å². The topological polar surface area (TPSA) is 55.1 Å². The third kappa shape index (κ3) is 1.82. The van der Waals surface area contributed by atoms with Crippen LogP contribution in [0.5, 0.6) is 0 Å². The van der Waals surface area contributed by atoms with Crippen LogP contribution in [0.15, 0.2) is 41.3 Å². The van der Waals surface area contributed by atoms with Crippen molar-refractivity contribution in [3.05, 3.63) is 36.4 Å². The molecule has 0 heterocycles. The lowest BCUT2D eigenvalue weighted by atomic mass is 10.1. The lowest BCUT2D eigenvalue weighted by molar-refractivity contribution is -0.105. The highest BCUT2D eigenvalue weighted by molar-refractivity contribution is 7.97. The van der Waals surface area contributed by atoms with Gasteiger partial charge in [0.25, 0.3) is 0 Å². The number of hydrogen-bond acceptors (Lipinski definition) is 3. The second kappa shape index (κ2) is 4.33. The molecular weight excluding hydrogens is 208 g/mol. The van der Waals surface area contributed by atoms with Crippen LogP contribution in [0.1, 0.15) is 0 Å². The highest BCUT2D eigenvalue weighted by atomic mass is 32.2. The monoisotopic (exact) mass is 218 g/mol. The van der Waals surface area contributed by atoms with E-state index in [-0.39, 0.29) is 0 Å². The van der Waals surface area contributed by atoms with Crippen LogP contribution in [0.4, 0.5) is 5.69 Å². The molecule has 0 bridgehead atoms. The van der Waals surface area contributed by atoms with Crippen molar-refractivity contribution in [2.45, 2.75) is 4.90 Å². The lowest BCUT2D eigenvalue weighted by Gasteiger charge is -2.07. The first-order valence-corrected chi connectivity index (χ1v) is 5.33. The van der Waals surface area contributed by atoms with Crippen LogP contribution < -0.4 is 10.5 Å². The minimum absolute atomic E-state index is 0.678. The van der Waals surface area contributed by atoms with Gasteiger partial charge in [0.2, 0.25) is 6.41 Å². The van der Waals surface area contributed by atoms with E-state index >= 15 is 0 Å². The van der Waals surface area contributed by atoms with Crippen molar-refractivity contribution in [1.82, 2.24) is 0 Å².